The van der Waals surface area contributed by atoms with Gasteiger partial charge in [0, 0.05) is 35.7 Å². The molecule has 28 heavy (non-hydrogen) atoms. The number of halogens is 1. The van der Waals surface area contributed by atoms with Crippen molar-refractivity contribution in [2.75, 3.05) is 5.32 Å². The molecule has 0 aromatic heterocycles. The lowest BCUT2D eigenvalue weighted by atomic mass is 10.1. The lowest BCUT2D eigenvalue weighted by Crippen LogP contribution is -2.22. The number of benzene rings is 2. The van der Waals surface area contributed by atoms with Crippen LogP contribution in [-0.2, 0) is 9.59 Å². The van der Waals surface area contributed by atoms with Gasteiger partial charge in [0.15, 0.2) is 0 Å². The Kier molecular flexibility index (Phi) is 7.22. The van der Waals surface area contributed by atoms with E-state index in [0.29, 0.717) is 22.0 Å². The molecular weight excluding hydrogens is 384 g/mol. The first-order valence-corrected chi connectivity index (χ1v) is 8.78. The van der Waals surface area contributed by atoms with Crippen LogP contribution in [0.5, 0.6) is 0 Å². The second kappa shape index (κ2) is 9.61. The second-order valence-corrected chi connectivity index (χ2v) is 6.40. The van der Waals surface area contributed by atoms with Gasteiger partial charge in [-0.15, -0.1) is 0 Å². The number of non-ortho nitro benzene ring substituents is 1. The Morgan fingerprint density at radius 3 is 2.39 bits per heavy atom. The Hall–Kier alpha value is -3.26. The van der Waals surface area contributed by atoms with Crippen molar-refractivity contribution in [1.82, 2.24) is 5.43 Å². The van der Waals surface area contributed by atoms with Crippen molar-refractivity contribution in [3.8, 4) is 0 Å². The minimum absolute atomic E-state index is 0.0100. The van der Waals surface area contributed by atoms with E-state index >= 15 is 0 Å². The molecule has 0 aliphatic rings. The molecule has 2 amide bonds. The van der Waals surface area contributed by atoms with Gasteiger partial charge in [-0.3, -0.25) is 19.7 Å². The fourth-order valence-electron chi connectivity index (χ4n) is 2.27. The molecule has 0 saturated carbocycles. The van der Waals surface area contributed by atoms with Crippen molar-refractivity contribution < 1.29 is 14.5 Å². The molecule has 0 atom stereocenters. The first kappa shape index (κ1) is 21.0. The third-order valence-electron chi connectivity index (χ3n) is 3.97. The predicted molar refractivity (Wildman–Crippen MR) is 108 cm³/mol. The van der Waals surface area contributed by atoms with Crippen molar-refractivity contribution in [1.29, 1.82) is 0 Å². The van der Waals surface area contributed by atoms with Crippen LogP contribution < -0.4 is 10.7 Å². The highest BCUT2D eigenvalue weighted by Gasteiger charge is 2.10. The number of amides is 2. The van der Waals surface area contributed by atoms with Gasteiger partial charge in [0.05, 0.1) is 10.6 Å². The van der Waals surface area contributed by atoms with Crippen LogP contribution in [0.4, 0.5) is 11.4 Å². The van der Waals surface area contributed by atoms with Crippen molar-refractivity contribution in [3.05, 3.63) is 68.7 Å². The highest BCUT2D eigenvalue weighted by atomic mass is 35.5. The third kappa shape index (κ3) is 5.88. The normalized spacial score (nSPS) is 11.0. The first-order valence-electron chi connectivity index (χ1n) is 8.41. The largest absolute Gasteiger partial charge is 0.326 e. The lowest BCUT2D eigenvalue weighted by molar-refractivity contribution is -0.384. The number of carbonyl (C=O) groups is 2. The van der Waals surface area contributed by atoms with Crippen LogP contribution in [-0.4, -0.2) is 22.4 Å². The fourth-order valence-corrected chi connectivity index (χ4v) is 2.45. The van der Waals surface area contributed by atoms with Crippen LogP contribution in [0.15, 0.2) is 47.6 Å². The van der Waals surface area contributed by atoms with Gasteiger partial charge in [0.25, 0.3) is 5.69 Å². The molecule has 0 radical (unpaired) electrons. The van der Waals surface area contributed by atoms with E-state index in [0.717, 1.165) is 5.56 Å². The van der Waals surface area contributed by atoms with Crippen LogP contribution in [0.25, 0.3) is 0 Å². The zero-order valence-electron chi connectivity index (χ0n) is 15.4. The van der Waals surface area contributed by atoms with Gasteiger partial charge in [-0.1, -0.05) is 17.7 Å². The summed E-state index contributed by atoms with van der Waals surface area (Å²) >= 11 is 6.01. The van der Waals surface area contributed by atoms with Gasteiger partial charge in [0.2, 0.25) is 11.8 Å². The van der Waals surface area contributed by atoms with Crippen molar-refractivity contribution in [3.63, 3.8) is 0 Å². The molecule has 0 aliphatic heterocycles. The van der Waals surface area contributed by atoms with Crippen LogP contribution in [0.1, 0.15) is 30.9 Å². The number of hydrogen-bond acceptors (Lipinski definition) is 5. The number of anilines is 1. The molecule has 2 rings (SSSR count). The monoisotopic (exact) mass is 402 g/mol. The zero-order chi connectivity index (χ0) is 20.7. The molecule has 0 saturated heterocycles. The van der Waals surface area contributed by atoms with E-state index < -0.39 is 10.8 Å². The van der Waals surface area contributed by atoms with Crippen LogP contribution in [0, 0.1) is 17.0 Å². The molecule has 8 nitrogen and oxygen atoms in total. The fraction of sp³-hybridized carbons (Fsp3) is 0.211. The van der Waals surface area contributed by atoms with E-state index in [-0.39, 0.29) is 24.4 Å². The van der Waals surface area contributed by atoms with Gasteiger partial charge < -0.3 is 5.32 Å². The van der Waals surface area contributed by atoms with Crippen LogP contribution in [0.2, 0.25) is 5.02 Å². The van der Waals surface area contributed by atoms with E-state index in [4.69, 9.17) is 11.6 Å². The smallest absolute Gasteiger partial charge is 0.269 e. The Morgan fingerprint density at radius 1 is 1.11 bits per heavy atom. The van der Waals surface area contributed by atoms with Gasteiger partial charge in [0.1, 0.15) is 0 Å². The molecule has 2 aromatic carbocycles. The highest BCUT2D eigenvalue weighted by Crippen LogP contribution is 2.23. The van der Waals surface area contributed by atoms with Crippen LogP contribution >= 0.6 is 11.6 Å². The van der Waals surface area contributed by atoms with E-state index in [9.17, 15) is 19.7 Å². The number of nitrogens with one attached hydrogen (secondary N) is 2. The summed E-state index contributed by atoms with van der Waals surface area (Å²) in [6.07, 6.45) is -0.0492. The van der Waals surface area contributed by atoms with Crippen LogP contribution in [0.3, 0.4) is 0 Å². The van der Waals surface area contributed by atoms with E-state index in [2.05, 4.69) is 15.8 Å². The van der Waals surface area contributed by atoms with Gasteiger partial charge in [-0.05, 0) is 49.2 Å². The highest BCUT2D eigenvalue weighted by molar-refractivity contribution is 6.31. The first-order chi connectivity index (χ1) is 13.3. The molecule has 9 heteroatoms. The average Bonchev–Trinajstić information content (AvgIpc) is 2.68. The SMILES string of the molecule is C/C(=N\NC(=O)CCC(=O)Nc1cccc(Cl)c1C)c1ccc([N+](=O)[O-])cc1. The average molecular weight is 403 g/mol. The van der Waals surface area contributed by atoms with Gasteiger partial charge in [-0.2, -0.15) is 5.10 Å². The maximum absolute atomic E-state index is 12.0. The summed E-state index contributed by atoms with van der Waals surface area (Å²) < 4.78 is 0. The summed E-state index contributed by atoms with van der Waals surface area (Å²) in [5.74, 6) is -0.726. The number of nitro groups is 1. The van der Waals surface area contributed by atoms with Gasteiger partial charge >= 0.3 is 0 Å². The third-order valence-corrected chi connectivity index (χ3v) is 4.37. The summed E-state index contributed by atoms with van der Waals surface area (Å²) in [5.41, 5.74) is 4.83. The molecule has 2 aromatic rings. The Labute approximate surface area is 166 Å². The summed E-state index contributed by atoms with van der Waals surface area (Å²) in [6, 6.07) is 11.0. The summed E-state index contributed by atoms with van der Waals surface area (Å²) in [5, 5.41) is 17.9. The molecule has 0 spiro atoms. The lowest BCUT2D eigenvalue weighted by Gasteiger charge is -2.09. The molecule has 0 fully saturated rings. The number of nitrogens with zero attached hydrogens (tertiary/aromatic N) is 2. The molecule has 0 aliphatic carbocycles. The predicted octanol–water partition coefficient (Wildman–Crippen LogP) is 3.82. The zero-order valence-corrected chi connectivity index (χ0v) is 16.1. The summed E-state index contributed by atoms with van der Waals surface area (Å²) in [7, 11) is 0. The molecule has 146 valence electrons. The number of hydrazone groups is 1. The molecule has 0 bridgehead atoms. The topological polar surface area (TPSA) is 114 Å². The number of nitro benzene ring substituents is 1. The number of hydrogen-bond donors (Lipinski definition) is 2. The Bertz CT molecular complexity index is 926. The minimum Gasteiger partial charge on any atom is -0.326 e. The number of rotatable bonds is 7. The van der Waals surface area contributed by atoms with Crippen molar-refractivity contribution >= 4 is 40.5 Å². The Balaban J connectivity index is 1.84. The van der Waals surface area contributed by atoms with Crippen molar-refractivity contribution in [2.24, 2.45) is 5.10 Å². The van der Waals surface area contributed by atoms with E-state index in [1.165, 1.54) is 12.1 Å². The summed E-state index contributed by atoms with van der Waals surface area (Å²) in [4.78, 5) is 34.1. The van der Waals surface area contributed by atoms with E-state index in [1.54, 1.807) is 44.2 Å². The summed E-state index contributed by atoms with van der Waals surface area (Å²) in [6.45, 7) is 3.45. The molecule has 0 unspecified atom stereocenters. The second-order valence-electron chi connectivity index (χ2n) is 6.00. The maximum atomic E-state index is 12.0. The van der Waals surface area contributed by atoms with E-state index in [1.807, 2.05) is 0 Å². The molecule has 0 heterocycles. The van der Waals surface area contributed by atoms with Crippen molar-refractivity contribution in [2.45, 2.75) is 26.7 Å². The molecular formula is C19H19ClN4O4. The van der Waals surface area contributed by atoms with Gasteiger partial charge in [-0.25, -0.2) is 5.43 Å². The Morgan fingerprint density at radius 2 is 1.75 bits per heavy atom. The maximum Gasteiger partial charge on any atom is 0.269 e. The quantitative estimate of drug-likeness (QED) is 0.416. The standard InChI is InChI=1S/C19H19ClN4O4/c1-12-16(20)4-3-5-17(12)21-18(25)10-11-19(26)23-22-13(2)14-6-8-15(9-7-14)24(27)28/h3-9H,10-11H2,1-2H3,(H,21,25)(H,23,26)/b22-13+. The minimum atomic E-state index is -0.492. The molecule has 2 N–H and O–H groups in total. The number of carbonyl (C=O) groups excluding carboxylic acids is 2.